The number of hydrogen-bond acceptors (Lipinski definition) is 4. The molecule has 1 fully saturated rings. The molecule has 0 spiro atoms. The van der Waals surface area contributed by atoms with Crippen molar-refractivity contribution in [2.45, 2.75) is 0 Å². The number of thiocarbonyl (C=S) groups is 1. The normalized spacial score (nSPS) is 15.6. The average molecular weight is 522 g/mol. The monoisotopic (exact) mass is 520 g/mol. The number of carbonyl (C=O) groups is 2. The maximum atomic E-state index is 13.0. The fourth-order valence-electron chi connectivity index (χ4n) is 2.52. The SMILES string of the molecule is C=CCOc1ccc(/C=C2\C(=O)NC(=S)N(c3ccc(Br)cc3)C2=O)cc1Br. The molecule has 2 amide bonds. The number of ether oxygens (including phenoxy) is 1. The summed E-state index contributed by atoms with van der Waals surface area (Å²) in [5, 5.41) is 2.61. The lowest BCUT2D eigenvalue weighted by Crippen LogP contribution is -2.54. The van der Waals surface area contributed by atoms with Crippen molar-refractivity contribution in [1.82, 2.24) is 5.32 Å². The van der Waals surface area contributed by atoms with Crippen LogP contribution < -0.4 is 15.0 Å². The van der Waals surface area contributed by atoms with Crippen molar-refractivity contribution in [2.75, 3.05) is 11.5 Å². The van der Waals surface area contributed by atoms with Gasteiger partial charge >= 0.3 is 0 Å². The maximum absolute atomic E-state index is 13.0. The fourth-order valence-corrected chi connectivity index (χ4v) is 3.58. The standard InChI is InChI=1S/C20H14Br2N2O3S/c1-2-9-27-17-8-3-12(11-16(17)22)10-15-18(25)23-20(28)24(19(15)26)14-6-4-13(21)5-7-14/h2-8,10-11H,1,9H2,(H,23,25,28)/b15-10+. The molecule has 0 aliphatic carbocycles. The Bertz CT molecular complexity index is 1000. The number of halogens is 2. The third kappa shape index (κ3) is 4.40. The first-order valence-corrected chi connectivity index (χ1v) is 10.1. The van der Waals surface area contributed by atoms with E-state index in [0.717, 1.165) is 4.47 Å². The van der Waals surface area contributed by atoms with E-state index in [2.05, 4.69) is 43.8 Å². The van der Waals surface area contributed by atoms with Crippen molar-refractivity contribution in [1.29, 1.82) is 0 Å². The summed E-state index contributed by atoms with van der Waals surface area (Å²) in [6, 6.07) is 12.4. The van der Waals surface area contributed by atoms with Crippen molar-refractivity contribution < 1.29 is 14.3 Å². The zero-order valence-electron chi connectivity index (χ0n) is 14.4. The van der Waals surface area contributed by atoms with Gasteiger partial charge in [-0.1, -0.05) is 34.7 Å². The van der Waals surface area contributed by atoms with Gasteiger partial charge in [0.15, 0.2) is 5.11 Å². The third-order valence-electron chi connectivity index (χ3n) is 3.81. The zero-order chi connectivity index (χ0) is 20.3. The summed E-state index contributed by atoms with van der Waals surface area (Å²) < 4.78 is 7.08. The van der Waals surface area contributed by atoms with E-state index in [-0.39, 0.29) is 10.7 Å². The molecule has 2 aromatic carbocycles. The Morgan fingerprint density at radius 1 is 1.14 bits per heavy atom. The molecule has 0 radical (unpaired) electrons. The highest BCUT2D eigenvalue weighted by Crippen LogP contribution is 2.28. The smallest absolute Gasteiger partial charge is 0.270 e. The van der Waals surface area contributed by atoms with Gasteiger partial charge in [0.2, 0.25) is 0 Å². The summed E-state index contributed by atoms with van der Waals surface area (Å²) in [6.07, 6.45) is 3.17. The second kappa shape index (κ2) is 8.81. The Morgan fingerprint density at radius 3 is 2.50 bits per heavy atom. The van der Waals surface area contributed by atoms with Crippen molar-refractivity contribution in [2.24, 2.45) is 0 Å². The van der Waals surface area contributed by atoms with Crippen LogP contribution in [0.4, 0.5) is 5.69 Å². The quantitative estimate of drug-likeness (QED) is 0.270. The number of amides is 2. The predicted molar refractivity (Wildman–Crippen MR) is 120 cm³/mol. The van der Waals surface area contributed by atoms with E-state index in [1.165, 1.54) is 11.0 Å². The van der Waals surface area contributed by atoms with E-state index < -0.39 is 11.8 Å². The lowest BCUT2D eigenvalue weighted by Gasteiger charge is -2.29. The molecule has 1 N–H and O–H groups in total. The highest BCUT2D eigenvalue weighted by molar-refractivity contribution is 9.10. The molecule has 142 valence electrons. The number of nitrogens with one attached hydrogen (secondary N) is 1. The van der Waals surface area contributed by atoms with Gasteiger partial charge in [0, 0.05) is 4.47 Å². The van der Waals surface area contributed by atoms with Crippen LogP contribution in [0.3, 0.4) is 0 Å². The van der Waals surface area contributed by atoms with Crippen LogP contribution in [-0.2, 0) is 9.59 Å². The molecule has 0 bridgehead atoms. The molecule has 28 heavy (non-hydrogen) atoms. The third-order valence-corrected chi connectivity index (χ3v) is 5.24. The summed E-state index contributed by atoms with van der Waals surface area (Å²) in [5.74, 6) is -0.384. The van der Waals surface area contributed by atoms with Crippen LogP contribution in [0.5, 0.6) is 5.75 Å². The Morgan fingerprint density at radius 2 is 1.86 bits per heavy atom. The van der Waals surface area contributed by atoms with E-state index in [0.29, 0.717) is 28.1 Å². The first-order chi connectivity index (χ1) is 13.4. The highest BCUT2D eigenvalue weighted by Gasteiger charge is 2.34. The van der Waals surface area contributed by atoms with Crippen LogP contribution in [-0.4, -0.2) is 23.5 Å². The Balaban J connectivity index is 1.93. The second-order valence-corrected chi connectivity index (χ2v) is 7.88. The molecule has 1 aliphatic heterocycles. The zero-order valence-corrected chi connectivity index (χ0v) is 18.4. The first kappa shape index (κ1) is 20.4. The van der Waals surface area contributed by atoms with Gasteiger partial charge in [-0.15, -0.1) is 0 Å². The van der Waals surface area contributed by atoms with Gasteiger partial charge in [0.25, 0.3) is 11.8 Å². The Labute approximate surface area is 184 Å². The molecule has 3 rings (SSSR count). The van der Waals surface area contributed by atoms with Gasteiger partial charge < -0.3 is 4.74 Å². The highest BCUT2D eigenvalue weighted by atomic mass is 79.9. The molecule has 0 atom stereocenters. The second-order valence-electron chi connectivity index (χ2n) is 5.72. The van der Waals surface area contributed by atoms with Crippen molar-refractivity contribution in [3.63, 3.8) is 0 Å². The fraction of sp³-hybridized carbons (Fsp3) is 0.0500. The van der Waals surface area contributed by atoms with Gasteiger partial charge in [-0.3, -0.25) is 19.8 Å². The van der Waals surface area contributed by atoms with E-state index in [4.69, 9.17) is 17.0 Å². The maximum Gasteiger partial charge on any atom is 0.270 e. The van der Waals surface area contributed by atoms with Crippen molar-refractivity contribution >= 4 is 72.8 Å². The summed E-state index contributed by atoms with van der Waals surface area (Å²) >= 11 is 12.0. The predicted octanol–water partition coefficient (Wildman–Crippen LogP) is 4.61. The molecule has 2 aromatic rings. The summed E-state index contributed by atoms with van der Waals surface area (Å²) in [6.45, 7) is 3.98. The van der Waals surface area contributed by atoms with E-state index >= 15 is 0 Å². The Hall–Kier alpha value is -2.29. The molecule has 8 heteroatoms. The number of hydrogen-bond donors (Lipinski definition) is 1. The molecular weight excluding hydrogens is 508 g/mol. The number of carbonyl (C=O) groups excluding carboxylic acids is 2. The van der Waals surface area contributed by atoms with Gasteiger partial charge in [-0.25, -0.2) is 0 Å². The molecule has 5 nitrogen and oxygen atoms in total. The topological polar surface area (TPSA) is 58.6 Å². The van der Waals surface area contributed by atoms with Crippen LogP contribution in [0.2, 0.25) is 0 Å². The average Bonchev–Trinajstić information content (AvgIpc) is 2.66. The van der Waals surface area contributed by atoms with E-state index in [1.54, 1.807) is 48.5 Å². The van der Waals surface area contributed by atoms with Gasteiger partial charge in [0.1, 0.15) is 17.9 Å². The van der Waals surface area contributed by atoms with Crippen LogP contribution in [0, 0.1) is 0 Å². The van der Waals surface area contributed by atoms with E-state index in [9.17, 15) is 9.59 Å². The lowest BCUT2D eigenvalue weighted by molar-refractivity contribution is -0.122. The summed E-state index contributed by atoms with van der Waals surface area (Å²) in [7, 11) is 0. The van der Waals surface area contributed by atoms with Crippen LogP contribution in [0.15, 0.2) is 69.6 Å². The van der Waals surface area contributed by atoms with Crippen molar-refractivity contribution in [3.8, 4) is 5.75 Å². The Kier molecular flexibility index (Phi) is 6.43. The molecular formula is C20H14Br2N2O3S. The largest absolute Gasteiger partial charge is 0.488 e. The molecule has 0 saturated carbocycles. The number of benzene rings is 2. The number of nitrogens with zero attached hydrogens (tertiary/aromatic N) is 1. The molecule has 0 unspecified atom stereocenters. The van der Waals surface area contributed by atoms with Crippen LogP contribution >= 0.6 is 44.1 Å². The minimum Gasteiger partial charge on any atom is -0.488 e. The molecule has 1 aliphatic rings. The molecule has 1 saturated heterocycles. The van der Waals surface area contributed by atoms with Gasteiger partial charge in [0.05, 0.1) is 10.2 Å². The molecule has 1 heterocycles. The van der Waals surface area contributed by atoms with Crippen molar-refractivity contribution in [3.05, 3.63) is 75.2 Å². The first-order valence-electron chi connectivity index (χ1n) is 8.11. The summed E-state index contributed by atoms with van der Waals surface area (Å²) in [4.78, 5) is 26.7. The van der Waals surface area contributed by atoms with Crippen LogP contribution in [0.1, 0.15) is 5.56 Å². The summed E-state index contributed by atoms with van der Waals surface area (Å²) in [5.41, 5.74) is 1.22. The number of rotatable bonds is 5. The minimum absolute atomic E-state index is 0.0109. The van der Waals surface area contributed by atoms with Crippen LogP contribution in [0.25, 0.3) is 6.08 Å². The van der Waals surface area contributed by atoms with Gasteiger partial charge in [-0.05, 0) is 76.2 Å². The lowest BCUT2D eigenvalue weighted by atomic mass is 10.1. The van der Waals surface area contributed by atoms with Gasteiger partial charge in [-0.2, -0.15) is 0 Å². The molecule has 0 aromatic heterocycles. The van der Waals surface area contributed by atoms with E-state index in [1.807, 2.05) is 0 Å². The number of anilines is 1. The minimum atomic E-state index is -0.536.